The molecular formula is C29H64Cl2N2O2. The molecule has 6 heteroatoms. The minimum Gasteiger partial charge on any atom is -0.381 e. The Labute approximate surface area is 233 Å². The molecule has 216 valence electrons. The predicted molar refractivity (Wildman–Crippen MR) is 161 cm³/mol. The molecule has 0 saturated carbocycles. The SMILES string of the molecule is CCCCCCCCCCOCC(COCCCCCCCCCC)(CN(C)C)CN(C)C.Cl.Cl. The van der Waals surface area contributed by atoms with Crippen LogP contribution < -0.4 is 0 Å². The smallest absolute Gasteiger partial charge is 0.0569 e. The van der Waals surface area contributed by atoms with E-state index in [9.17, 15) is 0 Å². The van der Waals surface area contributed by atoms with Crippen molar-refractivity contribution in [2.24, 2.45) is 5.41 Å². The molecule has 0 N–H and O–H groups in total. The zero-order valence-corrected chi connectivity index (χ0v) is 26.2. The van der Waals surface area contributed by atoms with Crippen LogP contribution in [0, 0.1) is 5.41 Å². The molecule has 0 unspecified atom stereocenters. The number of unbranched alkanes of at least 4 members (excludes halogenated alkanes) is 14. The molecule has 0 aliphatic heterocycles. The molecule has 0 saturated heterocycles. The van der Waals surface area contributed by atoms with Gasteiger partial charge in [-0.3, -0.25) is 0 Å². The van der Waals surface area contributed by atoms with Gasteiger partial charge in [0.25, 0.3) is 0 Å². The topological polar surface area (TPSA) is 24.9 Å². The zero-order valence-electron chi connectivity index (χ0n) is 24.6. The standard InChI is InChI=1S/C29H62N2O2.2ClH/c1-7-9-11-13-15-17-19-21-23-32-27-29(25-30(3)4,26-31(5)6)28-33-24-22-20-18-16-14-12-10-8-2;;/h7-28H2,1-6H3;2*1H. The van der Waals surface area contributed by atoms with Gasteiger partial charge in [-0.15, -0.1) is 24.8 Å². The van der Waals surface area contributed by atoms with Gasteiger partial charge in [0, 0.05) is 31.7 Å². The van der Waals surface area contributed by atoms with Crippen molar-refractivity contribution < 1.29 is 9.47 Å². The number of ether oxygens (including phenoxy) is 2. The van der Waals surface area contributed by atoms with Gasteiger partial charge in [0.2, 0.25) is 0 Å². The Morgan fingerprint density at radius 1 is 0.457 bits per heavy atom. The van der Waals surface area contributed by atoms with E-state index in [4.69, 9.17) is 9.47 Å². The second-order valence-electron chi connectivity index (χ2n) is 11.0. The number of nitrogens with zero attached hydrogens (tertiary/aromatic N) is 2. The summed E-state index contributed by atoms with van der Waals surface area (Å²) in [6.07, 6.45) is 21.5. The van der Waals surface area contributed by atoms with Gasteiger partial charge in [-0.2, -0.15) is 0 Å². The fourth-order valence-corrected chi connectivity index (χ4v) is 4.87. The Hall–Kier alpha value is 0.420. The molecule has 0 atom stereocenters. The van der Waals surface area contributed by atoms with Crippen LogP contribution in [0.3, 0.4) is 0 Å². The molecule has 0 bridgehead atoms. The van der Waals surface area contributed by atoms with E-state index in [1.807, 2.05) is 0 Å². The third kappa shape index (κ3) is 27.3. The van der Waals surface area contributed by atoms with Crippen LogP contribution in [0.1, 0.15) is 117 Å². The minimum atomic E-state index is 0. The van der Waals surface area contributed by atoms with Gasteiger partial charge in [-0.1, -0.05) is 104 Å². The van der Waals surface area contributed by atoms with Crippen molar-refractivity contribution in [3.05, 3.63) is 0 Å². The highest BCUT2D eigenvalue weighted by Crippen LogP contribution is 2.22. The Morgan fingerprint density at radius 3 is 1.03 bits per heavy atom. The van der Waals surface area contributed by atoms with Crippen molar-refractivity contribution in [1.29, 1.82) is 0 Å². The van der Waals surface area contributed by atoms with Crippen molar-refractivity contribution >= 4 is 24.8 Å². The molecule has 0 aliphatic rings. The molecule has 0 spiro atoms. The molecule has 0 aliphatic carbocycles. The first-order valence-electron chi connectivity index (χ1n) is 14.4. The lowest BCUT2D eigenvalue weighted by atomic mass is 9.88. The van der Waals surface area contributed by atoms with Gasteiger partial charge in [-0.25, -0.2) is 0 Å². The maximum absolute atomic E-state index is 6.26. The quantitative estimate of drug-likeness (QED) is 0.103. The van der Waals surface area contributed by atoms with Gasteiger partial charge >= 0.3 is 0 Å². The largest absolute Gasteiger partial charge is 0.381 e. The van der Waals surface area contributed by atoms with Crippen molar-refractivity contribution in [3.63, 3.8) is 0 Å². The average Bonchev–Trinajstić information content (AvgIpc) is 2.75. The lowest BCUT2D eigenvalue weighted by Crippen LogP contribution is -2.48. The summed E-state index contributed by atoms with van der Waals surface area (Å²) >= 11 is 0. The summed E-state index contributed by atoms with van der Waals surface area (Å²) in [5.74, 6) is 0. The van der Waals surface area contributed by atoms with Gasteiger partial charge in [0.15, 0.2) is 0 Å². The van der Waals surface area contributed by atoms with Crippen LogP contribution >= 0.6 is 24.8 Å². The fraction of sp³-hybridized carbons (Fsp3) is 1.00. The van der Waals surface area contributed by atoms with Crippen LogP contribution in [-0.4, -0.2) is 77.5 Å². The Bertz CT molecular complexity index is 363. The first-order valence-corrected chi connectivity index (χ1v) is 14.4. The Balaban J connectivity index is -0.00000512. The highest BCUT2D eigenvalue weighted by molar-refractivity contribution is 5.85. The van der Waals surface area contributed by atoms with E-state index in [1.54, 1.807) is 0 Å². The maximum atomic E-state index is 6.26. The molecule has 35 heavy (non-hydrogen) atoms. The number of hydrogen-bond donors (Lipinski definition) is 0. The third-order valence-electron chi connectivity index (χ3n) is 6.40. The molecular weight excluding hydrogens is 479 g/mol. The van der Waals surface area contributed by atoms with E-state index in [0.717, 1.165) is 39.5 Å². The van der Waals surface area contributed by atoms with Gasteiger partial charge < -0.3 is 19.3 Å². The molecule has 0 radical (unpaired) electrons. The molecule has 0 fully saturated rings. The van der Waals surface area contributed by atoms with Crippen LogP contribution in [0.4, 0.5) is 0 Å². The van der Waals surface area contributed by atoms with Crippen molar-refractivity contribution in [1.82, 2.24) is 9.80 Å². The second-order valence-corrected chi connectivity index (χ2v) is 11.0. The Kier molecular flexibility index (Phi) is 33.1. The lowest BCUT2D eigenvalue weighted by molar-refractivity contribution is -0.0469. The number of hydrogen-bond acceptors (Lipinski definition) is 4. The van der Waals surface area contributed by atoms with E-state index in [0.29, 0.717) is 0 Å². The number of rotatable bonds is 26. The Morgan fingerprint density at radius 2 is 0.743 bits per heavy atom. The molecule has 4 nitrogen and oxygen atoms in total. The van der Waals surface area contributed by atoms with Gasteiger partial charge in [0.1, 0.15) is 0 Å². The first kappa shape index (κ1) is 39.9. The highest BCUT2D eigenvalue weighted by Gasteiger charge is 2.32. The zero-order chi connectivity index (χ0) is 24.6. The molecule has 0 aromatic rings. The average molecular weight is 544 g/mol. The van der Waals surface area contributed by atoms with Gasteiger partial charge in [-0.05, 0) is 41.0 Å². The summed E-state index contributed by atoms with van der Waals surface area (Å²) in [5.41, 5.74) is 0.0350. The normalized spacial score (nSPS) is 11.7. The fourth-order valence-electron chi connectivity index (χ4n) is 4.87. The van der Waals surface area contributed by atoms with Crippen LogP contribution in [-0.2, 0) is 9.47 Å². The summed E-state index contributed by atoms with van der Waals surface area (Å²) in [5, 5.41) is 0. The summed E-state index contributed by atoms with van der Waals surface area (Å²) < 4.78 is 12.5. The van der Waals surface area contributed by atoms with Crippen molar-refractivity contribution in [3.8, 4) is 0 Å². The second kappa shape index (κ2) is 29.0. The van der Waals surface area contributed by atoms with Crippen molar-refractivity contribution in [2.75, 3.05) is 67.7 Å². The molecule has 0 aromatic heterocycles. The van der Waals surface area contributed by atoms with Crippen LogP contribution in [0.25, 0.3) is 0 Å². The first-order chi connectivity index (χ1) is 16.0. The molecule has 0 amide bonds. The van der Waals surface area contributed by atoms with E-state index in [2.05, 4.69) is 51.8 Å². The lowest BCUT2D eigenvalue weighted by Gasteiger charge is -2.38. The summed E-state index contributed by atoms with van der Waals surface area (Å²) in [4.78, 5) is 4.59. The monoisotopic (exact) mass is 542 g/mol. The van der Waals surface area contributed by atoms with Crippen LogP contribution in [0.2, 0.25) is 0 Å². The molecule has 0 rings (SSSR count). The predicted octanol–water partition coefficient (Wildman–Crippen LogP) is 8.25. The summed E-state index contributed by atoms with van der Waals surface area (Å²) in [7, 11) is 8.67. The third-order valence-corrected chi connectivity index (χ3v) is 6.40. The van der Waals surface area contributed by atoms with E-state index < -0.39 is 0 Å². The van der Waals surface area contributed by atoms with Crippen molar-refractivity contribution in [2.45, 2.75) is 117 Å². The summed E-state index contributed by atoms with van der Waals surface area (Å²) in [6.45, 7) is 9.91. The maximum Gasteiger partial charge on any atom is 0.0569 e. The molecule has 0 aromatic carbocycles. The van der Waals surface area contributed by atoms with Gasteiger partial charge in [0.05, 0.1) is 13.2 Å². The van der Waals surface area contributed by atoms with E-state index in [1.165, 1.54) is 103 Å². The minimum absolute atomic E-state index is 0. The highest BCUT2D eigenvalue weighted by atomic mass is 35.5. The summed E-state index contributed by atoms with van der Waals surface area (Å²) in [6, 6.07) is 0. The van der Waals surface area contributed by atoms with E-state index in [-0.39, 0.29) is 30.2 Å². The van der Waals surface area contributed by atoms with Crippen LogP contribution in [0.5, 0.6) is 0 Å². The van der Waals surface area contributed by atoms with Crippen LogP contribution in [0.15, 0.2) is 0 Å². The van der Waals surface area contributed by atoms with E-state index >= 15 is 0 Å². The number of halogens is 2. The molecule has 0 heterocycles.